The van der Waals surface area contributed by atoms with Gasteiger partial charge in [0.2, 0.25) is 5.88 Å². The standard InChI is InChI=1S/C16H28N4O3/c1-4-23-15-12-14(6-8-18-15)13-20-16(17-2)19-7-5-9-22-11-10-21-3/h6,8,12H,4-5,7,9-11,13H2,1-3H3,(H2,17,19,20). The second-order valence-electron chi connectivity index (χ2n) is 4.75. The molecule has 0 unspecified atom stereocenters. The van der Waals surface area contributed by atoms with E-state index in [9.17, 15) is 0 Å². The van der Waals surface area contributed by atoms with E-state index in [4.69, 9.17) is 14.2 Å². The van der Waals surface area contributed by atoms with Crippen LogP contribution in [0.5, 0.6) is 5.88 Å². The largest absolute Gasteiger partial charge is 0.478 e. The van der Waals surface area contributed by atoms with E-state index in [1.54, 1.807) is 20.4 Å². The minimum atomic E-state index is 0.611. The summed E-state index contributed by atoms with van der Waals surface area (Å²) in [5.41, 5.74) is 1.09. The molecule has 0 bridgehead atoms. The molecule has 0 saturated carbocycles. The Morgan fingerprint density at radius 1 is 1.26 bits per heavy atom. The van der Waals surface area contributed by atoms with Crippen LogP contribution >= 0.6 is 0 Å². The third-order valence-corrected chi connectivity index (χ3v) is 2.96. The van der Waals surface area contributed by atoms with Gasteiger partial charge in [0.1, 0.15) is 0 Å². The van der Waals surface area contributed by atoms with Crippen LogP contribution in [0, 0.1) is 0 Å². The van der Waals surface area contributed by atoms with E-state index in [1.807, 2.05) is 19.1 Å². The van der Waals surface area contributed by atoms with Crippen molar-refractivity contribution in [1.82, 2.24) is 15.6 Å². The van der Waals surface area contributed by atoms with Crippen molar-refractivity contribution in [2.75, 3.05) is 47.1 Å². The zero-order chi connectivity index (χ0) is 16.8. The van der Waals surface area contributed by atoms with Gasteiger partial charge in [0, 0.05) is 46.1 Å². The summed E-state index contributed by atoms with van der Waals surface area (Å²) >= 11 is 0. The van der Waals surface area contributed by atoms with E-state index in [-0.39, 0.29) is 0 Å². The van der Waals surface area contributed by atoms with Gasteiger partial charge in [-0.2, -0.15) is 0 Å². The maximum atomic E-state index is 5.41. The van der Waals surface area contributed by atoms with Crippen molar-refractivity contribution in [3.05, 3.63) is 23.9 Å². The quantitative estimate of drug-likeness (QED) is 0.362. The lowest BCUT2D eigenvalue weighted by atomic mass is 10.2. The molecule has 23 heavy (non-hydrogen) atoms. The van der Waals surface area contributed by atoms with Gasteiger partial charge in [0.15, 0.2) is 5.96 Å². The molecule has 0 fully saturated rings. The first-order chi connectivity index (χ1) is 11.3. The highest BCUT2D eigenvalue weighted by atomic mass is 16.5. The van der Waals surface area contributed by atoms with Gasteiger partial charge in [-0.05, 0) is 25.0 Å². The number of methoxy groups -OCH3 is 1. The second-order valence-corrected chi connectivity index (χ2v) is 4.75. The molecule has 1 aromatic rings. The van der Waals surface area contributed by atoms with Crippen molar-refractivity contribution >= 4 is 5.96 Å². The molecule has 0 atom stereocenters. The normalized spacial score (nSPS) is 11.3. The number of ether oxygens (including phenoxy) is 3. The Kier molecular flexibility index (Phi) is 10.6. The summed E-state index contributed by atoms with van der Waals surface area (Å²) in [7, 11) is 3.42. The molecule has 0 aliphatic heterocycles. The molecule has 0 aliphatic rings. The summed E-state index contributed by atoms with van der Waals surface area (Å²) in [5, 5.41) is 6.51. The molecule has 0 saturated heterocycles. The van der Waals surface area contributed by atoms with Crippen molar-refractivity contribution in [2.24, 2.45) is 4.99 Å². The van der Waals surface area contributed by atoms with Crippen LogP contribution in [-0.4, -0.2) is 58.1 Å². The highest BCUT2D eigenvalue weighted by Gasteiger charge is 2.00. The molecule has 1 aromatic heterocycles. The number of hydrogen-bond acceptors (Lipinski definition) is 5. The molecule has 0 spiro atoms. The summed E-state index contributed by atoms with van der Waals surface area (Å²) in [4.78, 5) is 8.34. The molecule has 1 rings (SSSR count). The predicted octanol–water partition coefficient (Wildman–Crippen LogP) is 1.20. The van der Waals surface area contributed by atoms with Gasteiger partial charge in [0.25, 0.3) is 0 Å². The first kappa shape index (κ1) is 19.2. The van der Waals surface area contributed by atoms with Crippen LogP contribution in [0.1, 0.15) is 18.9 Å². The van der Waals surface area contributed by atoms with Gasteiger partial charge in [-0.25, -0.2) is 4.98 Å². The SMILES string of the molecule is CCOc1cc(CNC(=NC)NCCCOCCOC)ccn1. The van der Waals surface area contributed by atoms with Crippen molar-refractivity contribution < 1.29 is 14.2 Å². The van der Waals surface area contributed by atoms with Gasteiger partial charge in [-0.15, -0.1) is 0 Å². The van der Waals surface area contributed by atoms with Crippen LogP contribution in [0.15, 0.2) is 23.3 Å². The highest BCUT2D eigenvalue weighted by molar-refractivity contribution is 5.79. The van der Waals surface area contributed by atoms with E-state index in [0.29, 0.717) is 38.9 Å². The molecular weight excluding hydrogens is 296 g/mol. The van der Waals surface area contributed by atoms with Crippen LogP contribution in [0.25, 0.3) is 0 Å². The Morgan fingerprint density at radius 3 is 2.87 bits per heavy atom. The minimum absolute atomic E-state index is 0.611. The van der Waals surface area contributed by atoms with E-state index in [1.165, 1.54) is 0 Å². The Balaban J connectivity index is 2.22. The first-order valence-electron chi connectivity index (χ1n) is 7.89. The van der Waals surface area contributed by atoms with E-state index in [2.05, 4.69) is 20.6 Å². The molecule has 0 radical (unpaired) electrons. The van der Waals surface area contributed by atoms with Gasteiger partial charge in [-0.3, -0.25) is 4.99 Å². The van der Waals surface area contributed by atoms with Crippen molar-refractivity contribution in [2.45, 2.75) is 19.9 Å². The second kappa shape index (κ2) is 12.7. The molecule has 2 N–H and O–H groups in total. The smallest absolute Gasteiger partial charge is 0.213 e. The fraction of sp³-hybridized carbons (Fsp3) is 0.625. The monoisotopic (exact) mass is 324 g/mol. The van der Waals surface area contributed by atoms with Gasteiger partial charge in [-0.1, -0.05) is 0 Å². The van der Waals surface area contributed by atoms with Crippen molar-refractivity contribution in [3.8, 4) is 5.88 Å². The minimum Gasteiger partial charge on any atom is -0.478 e. The van der Waals surface area contributed by atoms with E-state index >= 15 is 0 Å². The lowest BCUT2D eigenvalue weighted by molar-refractivity contribution is 0.0698. The Bertz CT molecular complexity index is 455. The first-order valence-corrected chi connectivity index (χ1v) is 7.89. The van der Waals surface area contributed by atoms with Crippen LogP contribution in [-0.2, 0) is 16.0 Å². The van der Waals surface area contributed by atoms with Crippen molar-refractivity contribution in [3.63, 3.8) is 0 Å². The number of nitrogens with zero attached hydrogens (tertiary/aromatic N) is 2. The molecular formula is C16H28N4O3. The molecule has 7 heteroatoms. The molecule has 0 aromatic carbocycles. The number of aromatic nitrogens is 1. The van der Waals surface area contributed by atoms with Crippen LogP contribution in [0.2, 0.25) is 0 Å². The summed E-state index contributed by atoms with van der Waals surface area (Å²) in [6, 6.07) is 3.87. The molecule has 0 amide bonds. The van der Waals surface area contributed by atoms with Gasteiger partial charge < -0.3 is 24.8 Å². The van der Waals surface area contributed by atoms with Crippen LogP contribution < -0.4 is 15.4 Å². The number of guanidine groups is 1. The lowest BCUT2D eigenvalue weighted by Crippen LogP contribution is -2.37. The summed E-state index contributed by atoms with van der Waals surface area (Å²) in [6.07, 6.45) is 2.66. The average Bonchev–Trinajstić information content (AvgIpc) is 2.57. The zero-order valence-electron chi connectivity index (χ0n) is 14.3. The van der Waals surface area contributed by atoms with E-state index < -0.39 is 0 Å². The van der Waals surface area contributed by atoms with Crippen LogP contribution in [0.4, 0.5) is 0 Å². The van der Waals surface area contributed by atoms with Gasteiger partial charge >= 0.3 is 0 Å². The highest BCUT2D eigenvalue weighted by Crippen LogP contribution is 2.08. The average molecular weight is 324 g/mol. The van der Waals surface area contributed by atoms with Crippen LogP contribution in [0.3, 0.4) is 0 Å². The molecule has 1 heterocycles. The maximum Gasteiger partial charge on any atom is 0.213 e. The van der Waals surface area contributed by atoms with Gasteiger partial charge in [0.05, 0.1) is 19.8 Å². The number of hydrogen-bond donors (Lipinski definition) is 2. The van der Waals surface area contributed by atoms with E-state index in [0.717, 1.165) is 24.5 Å². The number of nitrogens with one attached hydrogen (secondary N) is 2. The lowest BCUT2D eigenvalue weighted by Gasteiger charge is -2.12. The fourth-order valence-corrected chi connectivity index (χ4v) is 1.82. The molecule has 130 valence electrons. The molecule has 0 aliphatic carbocycles. The summed E-state index contributed by atoms with van der Waals surface area (Å²) in [5.74, 6) is 1.40. The topological polar surface area (TPSA) is 77.0 Å². The molecule has 7 nitrogen and oxygen atoms in total. The summed E-state index contributed by atoms with van der Waals surface area (Å²) < 4.78 is 15.7. The third-order valence-electron chi connectivity index (χ3n) is 2.96. The third kappa shape index (κ3) is 9.00. The Morgan fingerprint density at radius 2 is 2.13 bits per heavy atom. The fourth-order valence-electron chi connectivity index (χ4n) is 1.82. The number of aliphatic imine (C=N–C) groups is 1. The zero-order valence-corrected chi connectivity index (χ0v) is 14.3. The summed E-state index contributed by atoms with van der Waals surface area (Å²) in [6.45, 7) is 5.98. The predicted molar refractivity (Wildman–Crippen MR) is 90.9 cm³/mol. The number of pyridine rings is 1. The number of rotatable bonds is 11. The van der Waals surface area contributed by atoms with Crippen molar-refractivity contribution in [1.29, 1.82) is 0 Å². The maximum absolute atomic E-state index is 5.41. The Hall–Kier alpha value is -1.86. The Labute approximate surface area is 138 Å².